The van der Waals surface area contributed by atoms with E-state index in [9.17, 15) is 18.4 Å². The van der Waals surface area contributed by atoms with Gasteiger partial charge in [0.15, 0.2) is 0 Å². The molecule has 0 saturated carbocycles. The summed E-state index contributed by atoms with van der Waals surface area (Å²) in [4.78, 5) is 22.3. The fourth-order valence-corrected chi connectivity index (χ4v) is 1.23. The van der Waals surface area contributed by atoms with Crippen LogP contribution in [0.1, 0.15) is 33.6 Å². The molecule has 6 nitrogen and oxygen atoms in total. The number of nitrogens with zero attached hydrogens (tertiary/aromatic N) is 1. The van der Waals surface area contributed by atoms with Crippen LogP contribution >= 0.6 is 0 Å². The van der Waals surface area contributed by atoms with Gasteiger partial charge in [-0.3, -0.25) is 4.79 Å². The van der Waals surface area contributed by atoms with Crippen molar-refractivity contribution in [2.45, 2.75) is 51.7 Å². The molecule has 0 rings (SSSR count). The predicted octanol–water partition coefficient (Wildman–Crippen LogP) is 1.56. The maximum absolute atomic E-state index is 12.7. The molecule has 0 aromatic rings. The number of carbonyl (C=O) groups excluding carboxylic acids is 2. The van der Waals surface area contributed by atoms with Crippen LogP contribution in [-0.4, -0.2) is 36.6 Å². The number of ether oxygens (including phenoxy) is 1. The van der Waals surface area contributed by atoms with E-state index in [0.29, 0.717) is 0 Å². The van der Waals surface area contributed by atoms with E-state index in [4.69, 9.17) is 10.00 Å². The molecule has 0 saturated heterocycles. The Morgan fingerprint density at radius 2 is 1.95 bits per heavy atom. The number of alkyl halides is 2. The van der Waals surface area contributed by atoms with E-state index < -0.39 is 36.5 Å². The van der Waals surface area contributed by atoms with Crippen LogP contribution in [0.25, 0.3) is 0 Å². The van der Waals surface area contributed by atoms with Gasteiger partial charge in [-0.05, 0) is 27.2 Å². The Bertz CT molecular complexity index is 375. The highest BCUT2D eigenvalue weighted by Crippen LogP contribution is 2.07. The van der Waals surface area contributed by atoms with Gasteiger partial charge in [-0.1, -0.05) is 0 Å². The van der Waals surface area contributed by atoms with Crippen molar-refractivity contribution in [2.75, 3.05) is 6.54 Å². The summed E-state index contributed by atoms with van der Waals surface area (Å²) in [5.74, 6) is -0.768. The molecule has 8 heteroatoms. The van der Waals surface area contributed by atoms with Crippen LogP contribution < -0.4 is 10.6 Å². The highest BCUT2D eigenvalue weighted by atomic mass is 19.3. The summed E-state index contributed by atoms with van der Waals surface area (Å²) >= 11 is 0. The van der Waals surface area contributed by atoms with Crippen molar-refractivity contribution in [2.24, 2.45) is 0 Å². The van der Waals surface area contributed by atoms with E-state index in [-0.39, 0.29) is 13.0 Å². The highest BCUT2D eigenvalue weighted by molar-refractivity contribution is 5.78. The summed E-state index contributed by atoms with van der Waals surface area (Å²) in [6.07, 6.45) is -4.14. The summed E-state index contributed by atoms with van der Waals surface area (Å²) in [7, 11) is 0. The fraction of sp³-hybridized carbons (Fsp3) is 0.750. The van der Waals surface area contributed by atoms with Crippen molar-refractivity contribution in [3.63, 3.8) is 0 Å². The molecule has 20 heavy (non-hydrogen) atoms. The van der Waals surface area contributed by atoms with Crippen molar-refractivity contribution in [1.29, 1.82) is 5.26 Å². The van der Waals surface area contributed by atoms with Gasteiger partial charge in [-0.2, -0.15) is 5.26 Å². The van der Waals surface area contributed by atoms with Gasteiger partial charge in [0.25, 0.3) is 6.43 Å². The molecule has 0 radical (unpaired) electrons. The molecule has 0 fully saturated rings. The van der Waals surface area contributed by atoms with Crippen LogP contribution in [0.3, 0.4) is 0 Å². The molecule has 0 aromatic heterocycles. The minimum absolute atomic E-state index is 0.0727. The zero-order chi connectivity index (χ0) is 15.8. The van der Waals surface area contributed by atoms with Crippen LogP contribution in [0.5, 0.6) is 0 Å². The molecular formula is C12H19F2N3O3. The first-order valence-electron chi connectivity index (χ1n) is 6.07. The molecule has 0 aliphatic heterocycles. The van der Waals surface area contributed by atoms with Crippen molar-refractivity contribution in [1.82, 2.24) is 10.6 Å². The summed E-state index contributed by atoms with van der Waals surface area (Å²) in [5, 5.41) is 12.6. The third-order valence-corrected chi connectivity index (χ3v) is 2.01. The third-order valence-electron chi connectivity index (χ3n) is 2.01. The quantitative estimate of drug-likeness (QED) is 0.777. The molecule has 2 N–H and O–H groups in total. The largest absolute Gasteiger partial charge is 0.444 e. The van der Waals surface area contributed by atoms with Gasteiger partial charge in [0.05, 0.1) is 12.1 Å². The van der Waals surface area contributed by atoms with Crippen LogP contribution in [0.4, 0.5) is 13.6 Å². The second-order valence-corrected chi connectivity index (χ2v) is 5.06. The zero-order valence-corrected chi connectivity index (χ0v) is 11.7. The van der Waals surface area contributed by atoms with Gasteiger partial charge in [-0.25, -0.2) is 13.6 Å². The first kappa shape index (κ1) is 18.1. The van der Waals surface area contributed by atoms with Gasteiger partial charge in [0.2, 0.25) is 5.91 Å². The normalized spacial score (nSPS) is 12.4. The van der Waals surface area contributed by atoms with Crippen LogP contribution in [0.2, 0.25) is 0 Å². The minimum atomic E-state index is -2.78. The number of amides is 2. The number of alkyl carbamates (subject to hydrolysis) is 1. The Hall–Kier alpha value is -1.91. The van der Waals surface area contributed by atoms with Crippen molar-refractivity contribution >= 4 is 12.0 Å². The average Bonchev–Trinajstić information content (AvgIpc) is 2.25. The molecule has 0 bridgehead atoms. The number of rotatable bonds is 6. The summed E-state index contributed by atoms with van der Waals surface area (Å²) in [6, 6.07) is 0.154. The molecule has 0 aliphatic rings. The van der Waals surface area contributed by atoms with Gasteiger partial charge < -0.3 is 15.4 Å². The lowest BCUT2D eigenvalue weighted by Gasteiger charge is -2.21. The van der Waals surface area contributed by atoms with Gasteiger partial charge in [-0.15, -0.1) is 0 Å². The first-order valence-corrected chi connectivity index (χ1v) is 6.07. The molecule has 1 atom stereocenters. The topological polar surface area (TPSA) is 91.2 Å². The Morgan fingerprint density at radius 1 is 1.35 bits per heavy atom. The molecule has 0 aromatic carbocycles. The van der Waals surface area contributed by atoms with Crippen molar-refractivity contribution in [3.8, 4) is 6.07 Å². The molecule has 0 heterocycles. The zero-order valence-electron chi connectivity index (χ0n) is 11.7. The number of hydrogen-bond acceptors (Lipinski definition) is 4. The maximum Gasteiger partial charge on any atom is 0.407 e. The van der Waals surface area contributed by atoms with Crippen LogP contribution in [0.15, 0.2) is 0 Å². The Balaban J connectivity index is 4.14. The Kier molecular flexibility index (Phi) is 7.51. The average molecular weight is 291 g/mol. The standard InChI is InChI=1S/C12H19F2N3O3/c1-12(2,3)20-11(19)16-7-5-8(10(13)14)17-9(18)4-6-15/h8,10H,4-5,7H2,1-3H3,(H,16,19)(H,17,18)/t8-/m0/s1. The fourth-order valence-electron chi connectivity index (χ4n) is 1.23. The minimum Gasteiger partial charge on any atom is -0.444 e. The highest BCUT2D eigenvalue weighted by Gasteiger charge is 2.23. The number of hydrogen-bond donors (Lipinski definition) is 2. The number of halogens is 2. The Labute approximate surface area is 116 Å². The molecule has 114 valence electrons. The van der Waals surface area contributed by atoms with E-state index in [0.717, 1.165) is 0 Å². The smallest absolute Gasteiger partial charge is 0.407 e. The van der Waals surface area contributed by atoms with Gasteiger partial charge in [0, 0.05) is 6.54 Å². The lowest BCUT2D eigenvalue weighted by atomic mass is 10.2. The summed E-state index contributed by atoms with van der Waals surface area (Å²) < 4.78 is 30.2. The van der Waals surface area contributed by atoms with Crippen LogP contribution in [0, 0.1) is 11.3 Å². The van der Waals surface area contributed by atoms with Crippen molar-refractivity contribution in [3.05, 3.63) is 0 Å². The lowest BCUT2D eigenvalue weighted by Crippen LogP contribution is -2.42. The summed E-state index contributed by atoms with van der Waals surface area (Å²) in [5.41, 5.74) is -0.673. The van der Waals surface area contributed by atoms with E-state index in [1.54, 1.807) is 26.8 Å². The monoisotopic (exact) mass is 291 g/mol. The molecule has 0 spiro atoms. The third kappa shape index (κ3) is 9.08. The molecular weight excluding hydrogens is 272 g/mol. The van der Waals surface area contributed by atoms with Gasteiger partial charge in [0.1, 0.15) is 12.0 Å². The second kappa shape index (κ2) is 8.30. The van der Waals surface area contributed by atoms with Crippen molar-refractivity contribution < 1.29 is 23.1 Å². The van der Waals surface area contributed by atoms with Gasteiger partial charge >= 0.3 is 6.09 Å². The number of nitriles is 1. The maximum atomic E-state index is 12.7. The number of carbonyl (C=O) groups is 2. The predicted molar refractivity (Wildman–Crippen MR) is 67.0 cm³/mol. The second-order valence-electron chi connectivity index (χ2n) is 5.06. The lowest BCUT2D eigenvalue weighted by molar-refractivity contribution is -0.122. The first-order chi connectivity index (χ1) is 9.15. The molecule has 0 unspecified atom stereocenters. The molecule has 0 aliphatic carbocycles. The van der Waals surface area contributed by atoms with E-state index >= 15 is 0 Å². The van der Waals surface area contributed by atoms with E-state index in [1.807, 2.05) is 5.32 Å². The van der Waals surface area contributed by atoms with E-state index in [1.165, 1.54) is 0 Å². The summed E-state index contributed by atoms with van der Waals surface area (Å²) in [6.45, 7) is 4.96. The van der Waals surface area contributed by atoms with Crippen LogP contribution in [-0.2, 0) is 9.53 Å². The molecule has 2 amide bonds. The number of nitrogens with one attached hydrogen (secondary N) is 2. The van der Waals surface area contributed by atoms with E-state index in [2.05, 4.69) is 5.32 Å². The SMILES string of the molecule is CC(C)(C)OC(=O)NCC[C@H](NC(=O)CC#N)C(F)F. The Morgan fingerprint density at radius 3 is 2.40 bits per heavy atom.